The van der Waals surface area contributed by atoms with Crippen LogP contribution in [0.4, 0.5) is 10.2 Å². The number of carboxylic acid groups (broad SMARTS) is 1. The number of anilines is 1. The summed E-state index contributed by atoms with van der Waals surface area (Å²) in [6.45, 7) is 3.55. The van der Waals surface area contributed by atoms with Gasteiger partial charge in [-0.3, -0.25) is 4.79 Å². The standard InChI is InChI=1S/C28H27FN4O2/c1-2-3-18-4-8-24-25(14-18)32-28(31-24)22-7-5-20(16-23(22)29)21-6-9-26(30-17-21)33-12-10-19(11-13-33)15-27(34)35/h2-9,14,16-17,19H,10-13,15H2,1H3,(H,31,32)(H,34,35). The van der Waals surface area contributed by atoms with Gasteiger partial charge >= 0.3 is 5.97 Å². The summed E-state index contributed by atoms with van der Waals surface area (Å²) in [5.74, 6) is 0.509. The smallest absolute Gasteiger partial charge is 0.303 e. The SMILES string of the molecule is CC=Cc1ccc2nc(-c3ccc(-c4ccc(N5CCC(CC(=O)O)CC5)nc4)cc3F)[nH]c2c1. The molecule has 0 amide bonds. The summed E-state index contributed by atoms with van der Waals surface area (Å²) in [5, 5.41) is 8.99. The number of pyridine rings is 1. The predicted molar refractivity (Wildman–Crippen MR) is 137 cm³/mol. The van der Waals surface area contributed by atoms with Crippen molar-refractivity contribution >= 4 is 28.9 Å². The fourth-order valence-corrected chi connectivity index (χ4v) is 4.69. The number of imidazole rings is 1. The first-order chi connectivity index (χ1) is 17.0. The zero-order valence-corrected chi connectivity index (χ0v) is 19.5. The molecule has 2 aromatic carbocycles. The molecule has 0 unspecified atom stereocenters. The van der Waals surface area contributed by atoms with Crippen LogP contribution in [0.5, 0.6) is 0 Å². The molecular weight excluding hydrogens is 443 g/mol. The highest BCUT2D eigenvalue weighted by Gasteiger charge is 2.22. The maximum absolute atomic E-state index is 15.1. The van der Waals surface area contributed by atoms with Crippen molar-refractivity contribution in [1.82, 2.24) is 15.0 Å². The Labute approximate surface area is 203 Å². The molecule has 1 fully saturated rings. The van der Waals surface area contributed by atoms with E-state index in [0.717, 1.165) is 59.5 Å². The molecule has 2 N–H and O–H groups in total. The maximum atomic E-state index is 15.1. The van der Waals surface area contributed by atoms with Crippen LogP contribution in [0, 0.1) is 11.7 Å². The molecule has 6 nitrogen and oxygen atoms in total. The Morgan fingerprint density at radius 3 is 2.63 bits per heavy atom. The van der Waals surface area contributed by atoms with E-state index in [0.29, 0.717) is 11.4 Å². The Morgan fingerprint density at radius 1 is 1.14 bits per heavy atom. The second-order valence-corrected chi connectivity index (χ2v) is 8.99. The van der Waals surface area contributed by atoms with Crippen LogP contribution in [0.15, 0.2) is 60.8 Å². The molecule has 5 rings (SSSR count). The van der Waals surface area contributed by atoms with Crippen molar-refractivity contribution in [3.8, 4) is 22.5 Å². The van der Waals surface area contributed by atoms with E-state index in [1.54, 1.807) is 12.3 Å². The van der Waals surface area contributed by atoms with E-state index in [1.165, 1.54) is 6.07 Å². The second-order valence-electron chi connectivity index (χ2n) is 8.99. The zero-order chi connectivity index (χ0) is 24.4. The van der Waals surface area contributed by atoms with Crippen molar-refractivity contribution < 1.29 is 14.3 Å². The minimum Gasteiger partial charge on any atom is -0.481 e. The van der Waals surface area contributed by atoms with Crippen molar-refractivity contribution in [3.05, 3.63) is 72.2 Å². The highest BCUT2D eigenvalue weighted by Crippen LogP contribution is 2.30. The van der Waals surface area contributed by atoms with Gasteiger partial charge in [0.15, 0.2) is 0 Å². The van der Waals surface area contributed by atoms with Crippen molar-refractivity contribution in [2.45, 2.75) is 26.2 Å². The monoisotopic (exact) mass is 470 g/mol. The number of nitrogens with one attached hydrogen (secondary N) is 1. The Bertz CT molecular complexity index is 1390. The Hall–Kier alpha value is -4.00. The summed E-state index contributed by atoms with van der Waals surface area (Å²) < 4.78 is 15.1. The number of carboxylic acids is 1. The number of benzene rings is 2. The van der Waals surface area contributed by atoms with Crippen LogP contribution in [0.25, 0.3) is 39.6 Å². The average Bonchev–Trinajstić information content (AvgIpc) is 3.27. The lowest BCUT2D eigenvalue weighted by molar-refractivity contribution is -0.138. The number of nitrogens with zero attached hydrogens (tertiary/aromatic N) is 3. The normalized spacial score (nSPS) is 14.7. The Kier molecular flexibility index (Phi) is 6.31. The van der Waals surface area contributed by atoms with Gasteiger partial charge in [0.1, 0.15) is 17.5 Å². The molecule has 0 atom stereocenters. The molecule has 1 saturated heterocycles. The third-order valence-corrected chi connectivity index (χ3v) is 6.57. The molecule has 1 aliphatic heterocycles. The molecule has 0 spiro atoms. The van der Waals surface area contributed by atoms with Gasteiger partial charge in [0.25, 0.3) is 0 Å². The Morgan fingerprint density at radius 2 is 1.94 bits per heavy atom. The predicted octanol–water partition coefficient (Wildman–Crippen LogP) is 6.16. The van der Waals surface area contributed by atoms with Crippen molar-refractivity contribution in [2.75, 3.05) is 18.0 Å². The summed E-state index contributed by atoms with van der Waals surface area (Å²) in [7, 11) is 0. The van der Waals surface area contributed by atoms with E-state index in [-0.39, 0.29) is 18.2 Å². The van der Waals surface area contributed by atoms with E-state index >= 15 is 4.39 Å². The minimum absolute atomic E-state index is 0.228. The lowest BCUT2D eigenvalue weighted by Crippen LogP contribution is -2.34. The summed E-state index contributed by atoms with van der Waals surface area (Å²) in [6.07, 6.45) is 7.67. The summed E-state index contributed by atoms with van der Waals surface area (Å²) >= 11 is 0. The fraction of sp³-hybridized carbons (Fsp3) is 0.250. The highest BCUT2D eigenvalue weighted by atomic mass is 19.1. The lowest BCUT2D eigenvalue weighted by atomic mass is 9.93. The van der Waals surface area contributed by atoms with Gasteiger partial charge in [0.2, 0.25) is 0 Å². The first-order valence-corrected chi connectivity index (χ1v) is 11.9. The molecule has 7 heteroatoms. The van der Waals surface area contributed by atoms with Gasteiger partial charge in [-0.25, -0.2) is 14.4 Å². The zero-order valence-electron chi connectivity index (χ0n) is 19.5. The van der Waals surface area contributed by atoms with Crippen LogP contribution in [0.1, 0.15) is 31.7 Å². The van der Waals surface area contributed by atoms with Gasteiger partial charge in [-0.15, -0.1) is 0 Å². The number of fused-ring (bicyclic) bond motifs is 1. The van der Waals surface area contributed by atoms with Gasteiger partial charge in [0, 0.05) is 31.3 Å². The van der Waals surface area contributed by atoms with Crippen LogP contribution in [-0.4, -0.2) is 39.1 Å². The first-order valence-electron chi connectivity index (χ1n) is 11.9. The minimum atomic E-state index is -0.733. The van der Waals surface area contributed by atoms with Crippen LogP contribution >= 0.6 is 0 Å². The number of hydrogen-bond donors (Lipinski definition) is 2. The molecule has 3 heterocycles. The lowest BCUT2D eigenvalue weighted by Gasteiger charge is -2.32. The van der Waals surface area contributed by atoms with Gasteiger partial charge in [-0.2, -0.15) is 0 Å². The number of allylic oxidation sites excluding steroid dienone is 1. The van der Waals surface area contributed by atoms with Gasteiger partial charge in [0.05, 0.1) is 16.6 Å². The molecule has 2 aromatic heterocycles. The molecular formula is C28H27FN4O2. The third kappa shape index (κ3) is 4.94. The summed E-state index contributed by atoms with van der Waals surface area (Å²) in [6, 6.07) is 15.0. The maximum Gasteiger partial charge on any atom is 0.303 e. The Balaban J connectivity index is 1.31. The fourth-order valence-electron chi connectivity index (χ4n) is 4.69. The molecule has 178 valence electrons. The van der Waals surface area contributed by atoms with Crippen LogP contribution < -0.4 is 4.90 Å². The number of hydrogen-bond acceptors (Lipinski definition) is 4. The first kappa shape index (κ1) is 22.8. The van der Waals surface area contributed by atoms with E-state index in [9.17, 15) is 4.79 Å². The number of halogens is 1. The molecule has 1 aliphatic rings. The largest absolute Gasteiger partial charge is 0.481 e. The topological polar surface area (TPSA) is 82.1 Å². The van der Waals surface area contributed by atoms with Gasteiger partial charge in [-0.1, -0.05) is 24.3 Å². The number of carbonyl (C=O) groups is 1. The van der Waals surface area contributed by atoms with Crippen LogP contribution in [0.3, 0.4) is 0 Å². The number of aromatic nitrogens is 3. The quantitative estimate of drug-likeness (QED) is 0.353. The van der Waals surface area contributed by atoms with E-state index in [2.05, 4.69) is 19.9 Å². The number of aliphatic carboxylic acids is 1. The number of aromatic amines is 1. The van der Waals surface area contributed by atoms with E-state index in [1.807, 2.05) is 55.5 Å². The second kappa shape index (κ2) is 9.70. The third-order valence-electron chi connectivity index (χ3n) is 6.57. The number of rotatable bonds is 6. The van der Waals surface area contributed by atoms with Crippen molar-refractivity contribution in [3.63, 3.8) is 0 Å². The highest BCUT2D eigenvalue weighted by molar-refractivity contribution is 5.82. The molecule has 0 saturated carbocycles. The molecule has 35 heavy (non-hydrogen) atoms. The van der Waals surface area contributed by atoms with E-state index < -0.39 is 5.97 Å². The van der Waals surface area contributed by atoms with Gasteiger partial charge < -0.3 is 15.0 Å². The van der Waals surface area contributed by atoms with Crippen molar-refractivity contribution in [1.29, 1.82) is 0 Å². The molecule has 0 radical (unpaired) electrons. The number of H-pyrrole nitrogens is 1. The molecule has 4 aromatic rings. The van der Waals surface area contributed by atoms with Gasteiger partial charge in [-0.05, 0) is 73.2 Å². The average molecular weight is 471 g/mol. The summed E-state index contributed by atoms with van der Waals surface area (Å²) in [4.78, 5) is 25.5. The summed E-state index contributed by atoms with van der Waals surface area (Å²) in [5.41, 5.74) is 4.73. The van der Waals surface area contributed by atoms with Crippen LogP contribution in [0.2, 0.25) is 0 Å². The van der Waals surface area contributed by atoms with Crippen LogP contribution in [-0.2, 0) is 4.79 Å². The van der Waals surface area contributed by atoms with E-state index in [4.69, 9.17) is 5.11 Å². The number of piperidine rings is 1. The molecule has 0 aliphatic carbocycles. The van der Waals surface area contributed by atoms with Crippen molar-refractivity contribution in [2.24, 2.45) is 5.92 Å². The molecule has 0 bridgehead atoms.